The van der Waals surface area contributed by atoms with Crippen LogP contribution in [0.2, 0.25) is 0 Å². The summed E-state index contributed by atoms with van der Waals surface area (Å²) in [5, 5.41) is 17.2. The number of ether oxygens (including phenoxy) is 2. The Kier molecular flexibility index (Phi) is 5.34. The smallest absolute Gasteiger partial charge is 0.132 e. The Labute approximate surface area is 123 Å². The molecular formula is C15H19N3O3. The third-order valence-corrected chi connectivity index (χ3v) is 2.88. The fraction of sp³-hybridized carbons (Fsp3) is 0.333. The zero-order valence-electron chi connectivity index (χ0n) is 12.0. The molecule has 1 heterocycles. The van der Waals surface area contributed by atoms with Gasteiger partial charge < -0.3 is 14.6 Å². The SMILES string of the molecule is C=CCn1nnc(CO)c1COc1ccc(OCC)cc1. The molecule has 1 aromatic heterocycles. The quantitative estimate of drug-likeness (QED) is 0.752. The Bertz CT molecular complexity index is 578. The van der Waals surface area contributed by atoms with E-state index in [-0.39, 0.29) is 13.2 Å². The summed E-state index contributed by atoms with van der Waals surface area (Å²) >= 11 is 0. The lowest BCUT2D eigenvalue weighted by molar-refractivity contribution is 0.261. The fourth-order valence-electron chi connectivity index (χ4n) is 1.87. The minimum atomic E-state index is -0.168. The Hall–Kier alpha value is -2.34. The van der Waals surface area contributed by atoms with Gasteiger partial charge in [0.2, 0.25) is 0 Å². The van der Waals surface area contributed by atoms with Crippen molar-refractivity contribution in [3.8, 4) is 11.5 Å². The number of hydrogen-bond donors (Lipinski definition) is 1. The van der Waals surface area contributed by atoms with Gasteiger partial charge in [-0.1, -0.05) is 11.3 Å². The topological polar surface area (TPSA) is 69.4 Å². The highest BCUT2D eigenvalue weighted by Gasteiger charge is 2.12. The molecule has 21 heavy (non-hydrogen) atoms. The molecule has 0 bridgehead atoms. The summed E-state index contributed by atoms with van der Waals surface area (Å²) in [5.41, 5.74) is 1.26. The molecule has 0 aliphatic carbocycles. The third-order valence-electron chi connectivity index (χ3n) is 2.88. The molecule has 1 N–H and O–H groups in total. The zero-order chi connectivity index (χ0) is 15.1. The van der Waals surface area contributed by atoms with Crippen LogP contribution in [0, 0.1) is 0 Å². The van der Waals surface area contributed by atoms with Crippen LogP contribution in [-0.2, 0) is 19.8 Å². The second kappa shape index (κ2) is 7.44. The summed E-state index contributed by atoms with van der Waals surface area (Å²) in [6.07, 6.45) is 1.72. The molecule has 2 rings (SSSR count). The predicted molar refractivity (Wildman–Crippen MR) is 78.1 cm³/mol. The van der Waals surface area contributed by atoms with Crippen molar-refractivity contribution in [3.63, 3.8) is 0 Å². The van der Waals surface area contributed by atoms with Gasteiger partial charge in [-0.2, -0.15) is 0 Å². The van der Waals surface area contributed by atoms with Gasteiger partial charge in [-0.15, -0.1) is 11.7 Å². The van der Waals surface area contributed by atoms with E-state index in [0.717, 1.165) is 11.4 Å². The summed E-state index contributed by atoms with van der Waals surface area (Å²) in [4.78, 5) is 0. The van der Waals surface area contributed by atoms with Crippen LogP contribution in [0.5, 0.6) is 11.5 Å². The fourth-order valence-corrected chi connectivity index (χ4v) is 1.87. The van der Waals surface area contributed by atoms with Gasteiger partial charge in [0.1, 0.15) is 29.5 Å². The first-order valence-electron chi connectivity index (χ1n) is 6.77. The number of aliphatic hydroxyl groups excluding tert-OH is 1. The van der Waals surface area contributed by atoms with E-state index in [1.165, 1.54) is 0 Å². The molecule has 0 spiro atoms. The van der Waals surface area contributed by atoms with Crippen molar-refractivity contribution in [2.24, 2.45) is 0 Å². The summed E-state index contributed by atoms with van der Waals surface area (Å²) in [5.74, 6) is 1.52. The average molecular weight is 289 g/mol. The lowest BCUT2D eigenvalue weighted by Crippen LogP contribution is -2.08. The maximum Gasteiger partial charge on any atom is 0.132 e. The van der Waals surface area contributed by atoms with E-state index < -0.39 is 0 Å². The van der Waals surface area contributed by atoms with Gasteiger partial charge in [0.25, 0.3) is 0 Å². The predicted octanol–water partition coefficient (Wildman–Crippen LogP) is 1.93. The minimum absolute atomic E-state index is 0.168. The second-order valence-corrected chi connectivity index (χ2v) is 4.30. The van der Waals surface area contributed by atoms with Crippen molar-refractivity contribution in [1.29, 1.82) is 0 Å². The molecule has 0 fully saturated rings. The molecule has 0 saturated heterocycles. The van der Waals surface area contributed by atoms with Crippen molar-refractivity contribution in [1.82, 2.24) is 15.0 Å². The molecule has 6 heteroatoms. The summed E-state index contributed by atoms with van der Waals surface area (Å²) in [7, 11) is 0. The van der Waals surface area contributed by atoms with Gasteiger partial charge in [-0.3, -0.25) is 0 Å². The van der Waals surface area contributed by atoms with Crippen LogP contribution in [-0.4, -0.2) is 26.7 Å². The summed E-state index contributed by atoms with van der Waals surface area (Å²) in [6, 6.07) is 7.38. The lowest BCUT2D eigenvalue weighted by atomic mass is 10.3. The van der Waals surface area contributed by atoms with Crippen LogP contribution >= 0.6 is 0 Å². The summed E-state index contributed by atoms with van der Waals surface area (Å²) < 4.78 is 12.7. The first-order valence-corrected chi connectivity index (χ1v) is 6.77. The Morgan fingerprint density at radius 1 is 1.24 bits per heavy atom. The molecular weight excluding hydrogens is 270 g/mol. The standard InChI is InChI=1S/C15H19N3O3/c1-3-9-18-15(14(10-19)16-17-18)11-21-13-7-5-12(6-8-13)20-4-2/h3,5-8,19H,1,4,9-11H2,2H3. The molecule has 0 aliphatic rings. The highest BCUT2D eigenvalue weighted by Crippen LogP contribution is 2.19. The van der Waals surface area contributed by atoms with Crippen LogP contribution in [0.4, 0.5) is 0 Å². The number of nitrogens with zero attached hydrogens (tertiary/aromatic N) is 3. The maximum atomic E-state index is 9.28. The van der Waals surface area contributed by atoms with Crippen molar-refractivity contribution in [2.45, 2.75) is 26.7 Å². The molecule has 0 aliphatic heterocycles. The van der Waals surface area contributed by atoms with Crippen LogP contribution in [0.1, 0.15) is 18.3 Å². The van der Waals surface area contributed by atoms with Gasteiger partial charge in [-0.25, -0.2) is 4.68 Å². The van der Waals surface area contributed by atoms with Gasteiger partial charge in [-0.05, 0) is 31.2 Å². The van der Waals surface area contributed by atoms with E-state index in [2.05, 4.69) is 16.9 Å². The van der Waals surface area contributed by atoms with Crippen LogP contribution in [0.25, 0.3) is 0 Å². The summed E-state index contributed by atoms with van der Waals surface area (Å²) in [6.45, 7) is 6.88. The van der Waals surface area contributed by atoms with E-state index >= 15 is 0 Å². The molecule has 0 atom stereocenters. The Morgan fingerprint density at radius 3 is 2.48 bits per heavy atom. The maximum absolute atomic E-state index is 9.28. The van der Waals surface area contributed by atoms with Gasteiger partial charge in [0.05, 0.1) is 19.8 Å². The van der Waals surface area contributed by atoms with E-state index in [1.807, 2.05) is 31.2 Å². The number of aliphatic hydroxyl groups is 1. The molecule has 0 saturated carbocycles. The zero-order valence-corrected chi connectivity index (χ0v) is 12.0. The Balaban J connectivity index is 2.04. The normalized spacial score (nSPS) is 10.4. The number of aromatic nitrogens is 3. The largest absolute Gasteiger partial charge is 0.494 e. The minimum Gasteiger partial charge on any atom is -0.494 e. The van der Waals surface area contributed by atoms with Crippen LogP contribution in [0.15, 0.2) is 36.9 Å². The highest BCUT2D eigenvalue weighted by molar-refractivity contribution is 5.31. The first-order chi connectivity index (χ1) is 10.3. The van der Waals surface area contributed by atoms with Gasteiger partial charge in [0.15, 0.2) is 0 Å². The molecule has 112 valence electrons. The molecule has 6 nitrogen and oxygen atoms in total. The van der Waals surface area contributed by atoms with Gasteiger partial charge in [0, 0.05) is 0 Å². The molecule has 1 aromatic carbocycles. The van der Waals surface area contributed by atoms with E-state index in [9.17, 15) is 5.11 Å². The Morgan fingerprint density at radius 2 is 1.90 bits per heavy atom. The second-order valence-electron chi connectivity index (χ2n) is 4.30. The first kappa shape index (κ1) is 15.1. The number of hydrogen-bond acceptors (Lipinski definition) is 5. The molecule has 0 amide bonds. The number of rotatable bonds is 8. The highest BCUT2D eigenvalue weighted by atomic mass is 16.5. The van der Waals surface area contributed by atoms with Crippen LogP contribution in [0.3, 0.4) is 0 Å². The van der Waals surface area contributed by atoms with E-state index in [1.54, 1.807) is 10.8 Å². The molecule has 2 aromatic rings. The number of allylic oxidation sites excluding steroid dienone is 1. The van der Waals surface area contributed by atoms with Gasteiger partial charge >= 0.3 is 0 Å². The van der Waals surface area contributed by atoms with Crippen LogP contribution < -0.4 is 9.47 Å². The van der Waals surface area contributed by atoms with Crippen molar-refractivity contribution >= 4 is 0 Å². The monoisotopic (exact) mass is 289 g/mol. The van der Waals surface area contributed by atoms with Crippen molar-refractivity contribution in [3.05, 3.63) is 48.3 Å². The lowest BCUT2D eigenvalue weighted by Gasteiger charge is -2.09. The van der Waals surface area contributed by atoms with E-state index in [4.69, 9.17) is 9.47 Å². The molecule has 0 unspecified atom stereocenters. The van der Waals surface area contributed by atoms with E-state index in [0.29, 0.717) is 24.6 Å². The van der Waals surface area contributed by atoms with Crippen molar-refractivity contribution < 1.29 is 14.6 Å². The average Bonchev–Trinajstić information content (AvgIpc) is 2.89. The number of benzene rings is 1. The third kappa shape index (κ3) is 3.82. The van der Waals surface area contributed by atoms with Crippen molar-refractivity contribution in [2.75, 3.05) is 6.61 Å². The molecule has 0 radical (unpaired) electrons.